The van der Waals surface area contributed by atoms with Gasteiger partial charge in [-0.3, -0.25) is 4.79 Å². The Morgan fingerprint density at radius 3 is 2.61 bits per heavy atom. The van der Waals surface area contributed by atoms with Crippen LogP contribution in [0.3, 0.4) is 0 Å². The zero-order chi connectivity index (χ0) is 17.4. The fraction of sp³-hybridized carbons (Fsp3) is 0.526. The Labute approximate surface area is 146 Å². The summed E-state index contributed by atoms with van der Waals surface area (Å²) in [6.45, 7) is 9.89. The van der Waals surface area contributed by atoms with Crippen molar-refractivity contribution in [1.82, 2.24) is 0 Å². The van der Waals surface area contributed by atoms with Gasteiger partial charge >= 0.3 is 0 Å². The average molecular weight is 383 g/mol. The summed E-state index contributed by atoms with van der Waals surface area (Å²) in [5.74, 6) is 0.262. The van der Waals surface area contributed by atoms with E-state index in [1.807, 2.05) is 13.0 Å². The second-order valence-electron chi connectivity index (χ2n) is 6.88. The first-order valence-corrected chi connectivity index (χ1v) is 8.83. The third-order valence-corrected chi connectivity index (χ3v) is 5.13. The lowest BCUT2D eigenvalue weighted by Gasteiger charge is -2.35. The van der Waals surface area contributed by atoms with Crippen LogP contribution in [0.1, 0.15) is 62.5 Å². The third kappa shape index (κ3) is 3.23. The quantitative estimate of drug-likeness (QED) is 0.608. The van der Waals surface area contributed by atoms with E-state index in [1.165, 1.54) is 5.57 Å². The van der Waals surface area contributed by atoms with Gasteiger partial charge in [0.05, 0.1) is 16.6 Å². The van der Waals surface area contributed by atoms with E-state index in [0.717, 1.165) is 22.0 Å². The summed E-state index contributed by atoms with van der Waals surface area (Å²) in [7, 11) is 0. The zero-order valence-corrected chi connectivity index (χ0v) is 16.0. The molecule has 23 heavy (non-hydrogen) atoms. The Bertz CT molecular complexity index is 660. The van der Waals surface area contributed by atoms with Gasteiger partial charge in [-0.2, -0.15) is 0 Å². The van der Waals surface area contributed by atoms with Crippen LogP contribution in [0.4, 0.5) is 4.39 Å². The molecule has 0 radical (unpaired) electrons. The third-order valence-electron chi connectivity index (χ3n) is 4.37. The van der Waals surface area contributed by atoms with E-state index in [-0.39, 0.29) is 5.41 Å². The van der Waals surface area contributed by atoms with E-state index in [2.05, 4.69) is 49.7 Å². The standard InChI is InChI=1S/C19H24BrFO2/c1-6-23-18-14(15(22)10-21)9-13-12(11(2)3)7-8-19(4,5)16(13)17(18)20/h7,9,11H,6,8,10H2,1-5H3. The molecule has 1 aromatic carbocycles. The lowest BCUT2D eigenvalue weighted by molar-refractivity contribution is 0.0954. The van der Waals surface area contributed by atoms with Crippen LogP contribution in [-0.2, 0) is 5.41 Å². The molecule has 0 heterocycles. The second-order valence-corrected chi connectivity index (χ2v) is 7.67. The molecule has 0 N–H and O–H groups in total. The summed E-state index contributed by atoms with van der Waals surface area (Å²) < 4.78 is 19.5. The number of hydrogen-bond acceptors (Lipinski definition) is 2. The van der Waals surface area contributed by atoms with Crippen molar-refractivity contribution in [2.24, 2.45) is 5.92 Å². The van der Waals surface area contributed by atoms with Gasteiger partial charge in [0, 0.05) is 0 Å². The number of allylic oxidation sites excluding steroid dienone is 2. The van der Waals surface area contributed by atoms with Gasteiger partial charge < -0.3 is 4.74 Å². The molecule has 0 aliphatic heterocycles. The van der Waals surface area contributed by atoms with E-state index in [4.69, 9.17) is 4.74 Å². The van der Waals surface area contributed by atoms with Gasteiger partial charge in [-0.25, -0.2) is 4.39 Å². The van der Waals surface area contributed by atoms with Crippen molar-refractivity contribution in [2.45, 2.75) is 46.5 Å². The lowest BCUT2D eigenvalue weighted by Crippen LogP contribution is -2.25. The maximum atomic E-state index is 13.0. The number of halogens is 2. The number of carbonyl (C=O) groups excluding carboxylic acids is 1. The second kappa shape index (κ2) is 6.76. The van der Waals surface area contributed by atoms with Crippen LogP contribution in [0.2, 0.25) is 0 Å². The van der Waals surface area contributed by atoms with Crippen molar-refractivity contribution in [3.05, 3.63) is 33.3 Å². The minimum absolute atomic E-state index is 0.0737. The normalized spacial score (nSPS) is 16.1. The predicted molar refractivity (Wildman–Crippen MR) is 96.1 cm³/mol. The number of carbonyl (C=O) groups is 1. The zero-order valence-electron chi connectivity index (χ0n) is 14.4. The molecule has 126 valence electrons. The van der Waals surface area contributed by atoms with Gasteiger partial charge in [-0.05, 0) is 63.4 Å². The number of alkyl halides is 1. The van der Waals surface area contributed by atoms with Crippen molar-refractivity contribution in [1.29, 1.82) is 0 Å². The summed E-state index contributed by atoms with van der Waals surface area (Å²) in [4.78, 5) is 12.1. The first kappa shape index (κ1) is 18.2. The maximum Gasteiger partial charge on any atom is 0.197 e. The molecule has 0 saturated heterocycles. The molecule has 0 unspecified atom stereocenters. The van der Waals surface area contributed by atoms with Gasteiger partial charge in [0.15, 0.2) is 12.5 Å². The Morgan fingerprint density at radius 1 is 1.43 bits per heavy atom. The van der Waals surface area contributed by atoms with Crippen LogP contribution in [0, 0.1) is 5.92 Å². The summed E-state index contributed by atoms with van der Waals surface area (Å²) in [6, 6.07) is 1.82. The van der Waals surface area contributed by atoms with E-state index < -0.39 is 12.5 Å². The largest absolute Gasteiger partial charge is 0.492 e. The van der Waals surface area contributed by atoms with Crippen LogP contribution in [0.25, 0.3) is 5.57 Å². The fourth-order valence-electron chi connectivity index (χ4n) is 3.21. The molecule has 1 aliphatic rings. The molecule has 1 aliphatic carbocycles. The molecule has 2 nitrogen and oxygen atoms in total. The first-order chi connectivity index (χ1) is 10.7. The molecule has 0 atom stereocenters. The summed E-state index contributed by atoms with van der Waals surface area (Å²) >= 11 is 3.64. The minimum Gasteiger partial charge on any atom is -0.492 e. The Morgan fingerprint density at radius 2 is 2.09 bits per heavy atom. The molecular weight excluding hydrogens is 359 g/mol. The number of ketones is 1. The van der Waals surface area contributed by atoms with Crippen molar-refractivity contribution in [3.8, 4) is 5.75 Å². The number of fused-ring (bicyclic) bond motifs is 1. The molecule has 0 aromatic heterocycles. The number of Topliss-reactive ketones (excluding diaryl/α,β-unsaturated/α-hetero) is 1. The highest BCUT2D eigenvalue weighted by atomic mass is 79.9. The molecule has 0 amide bonds. The van der Waals surface area contributed by atoms with Gasteiger partial charge in [0.2, 0.25) is 0 Å². The summed E-state index contributed by atoms with van der Waals surface area (Å²) in [6.07, 6.45) is 3.16. The van der Waals surface area contributed by atoms with Crippen LogP contribution < -0.4 is 4.74 Å². The number of benzene rings is 1. The first-order valence-electron chi connectivity index (χ1n) is 8.04. The number of ether oxygens (including phenoxy) is 1. The van der Waals surface area contributed by atoms with Gasteiger partial charge in [0.25, 0.3) is 0 Å². The highest BCUT2D eigenvalue weighted by Gasteiger charge is 2.34. The molecule has 0 fully saturated rings. The van der Waals surface area contributed by atoms with E-state index >= 15 is 0 Å². The Kier molecular flexibility index (Phi) is 5.34. The van der Waals surface area contributed by atoms with Crippen molar-refractivity contribution >= 4 is 27.3 Å². The van der Waals surface area contributed by atoms with E-state index in [0.29, 0.717) is 23.8 Å². The van der Waals surface area contributed by atoms with Crippen molar-refractivity contribution in [2.75, 3.05) is 13.3 Å². The molecule has 2 rings (SSSR count). The van der Waals surface area contributed by atoms with Gasteiger partial charge in [-0.15, -0.1) is 0 Å². The maximum absolute atomic E-state index is 13.0. The number of hydrogen-bond donors (Lipinski definition) is 0. The molecular formula is C19H24BrFO2. The van der Waals surface area contributed by atoms with E-state index in [9.17, 15) is 9.18 Å². The molecule has 0 spiro atoms. The van der Waals surface area contributed by atoms with Crippen LogP contribution >= 0.6 is 15.9 Å². The topological polar surface area (TPSA) is 26.3 Å². The van der Waals surface area contributed by atoms with Crippen molar-refractivity contribution < 1.29 is 13.9 Å². The highest BCUT2D eigenvalue weighted by Crippen LogP contribution is 2.49. The highest BCUT2D eigenvalue weighted by molar-refractivity contribution is 9.10. The Hall–Kier alpha value is -1.16. The average Bonchev–Trinajstić information content (AvgIpc) is 2.47. The molecule has 0 bridgehead atoms. The smallest absolute Gasteiger partial charge is 0.197 e. The predicted octanol–water partition coefficient (Wildman–Crippen LogP) is 5.72. The fourth-order valence-corrected chi connectivity index (χ4v) is 4.29. The molecule has 4 heteroatoms. The van der Waals surface area contributed by atoms with Crippen LogP contribution in [0.15, 0.2) is 16.6 Å². The molecule has 0 saturated carbocycles. The van der Waals surface area contributed by atoms with Crippen LogP contribution in [-0.4, -0.2) is 19.1 Å². The van der Waals surface area contributed by atoms with Crippen molar-refractivity contribution in [3.63, 3.8) is 0 Å². The van der Waals surface area contributed by atoms with Gasteiger partial charge in [-0.1, -0.05) is 33.8 Å². The van der Waals surface area contributed by atoms with Gasteiger partial charge in [0.1, 0.15) is 5.75 Å². The van der Waals surface area contributed by atoms with Crippen LogP contribution in [0.5, 0.6) is 5.75 Å². The summed E-state index contributed by atoms with van der Waals surface area (Å²) in [5, 5.41) is 0. The Balaban J connectivity index is 2.82. The lowest BCUT2D eigenvalue weighted by atomic mass is 9.71. The monoisotopic (exact) mass is 382 g/mol. The molecule has 1 aromatic rings. The minimum atomic E-state index is -1.02. The SMILES string of the molecule is CCOc1c(C(=O)CF)cc2c(c1Br)C(C)(C)CC=C2C(C)C. The van der Waals surface area contributed by atoms with E-state index in [1.54, 1.807) is 0 Å². The number of rotatable bonds is 5. The summed E-state index contributed by atoms with van der Waals surface area (Å²) in [5.41, 5.74) is 3.63.